The Morgan fingerprint density at radius 3 is 2.54 bits per heavy atom. The van der Waals surface area contributed by atoms with Gasteiger partial charge in [0.25, 0.3) is 11.8 Å². The van der Waals surface area contributed by atoms with E-state index >= 15 is 0 Å². The first-order valence-corrected chi connectivity index (χ1v) is 9.97. The third-order valence-corrected chi connectivity index (χ3v) is 5.40. The van der Waals surface area contributed by atoms with Crippen LogP contribution in [0.3, 0.4) is 0 Å². The van der Waals surface area contributed by atoms with Gasteiger partial charge in [0, 0.05) is 18.7 Å². The summed E-state index contributed by atoms with van der Waals surface area (Å²) in [5.74, 6) is -0.116. The van der Waals surface area contributed by atoms with Crippen LogP contribution < -0.4 is 10.6 Å². The van der Waals surface area contributed by atoms with Crippen molar-refractivity contribution in [1.29, 1.82) is 0 Å². The lowest BCUT2D eigenvalue weighted by Crippen LogP contribution is -2.25. The van der Waals surface area contributed by atoms with Gasteiger partial charge >= 0.3 is 0 Å². The molecule has 1 heterocycles. The standard InChI is InChI=1S/C21H24N2O2S/c24-20(22-13-12-16-5-2-1-3-6-16)18-10-8-17(9-11-18)15-23-21(25)19-7-4-14-26-19/h4-5,7-11,14H,1-3,6,12-13,15H2,(H,22,24)(H,23,25). The minimum atomic E-state index is -0.0705. The average molecular weight is 369 g/mol. The first kappa shape index (κ1) is 18.4. The molecule has 0 radical (unpaired) electrons. The van der Waals surface area contributed by atoms with E-state index in [1.165, 1.54) is 42.6 Å². The monoisotopic (exact) mass is 368 g/mol. The molecule has 1 aliphatic carbocycles. The number of nitrogens with one attached hydrogen (secondary N) is 2. The Kier molecular flexibility index (Phi) is 6.61. The van der Waals surface area contributed by atoms with Gasteiger partial charge < -0.3 is 10.6 Å². The Morgan fingerprint density at radius 2 is 1.85 bits per heavy atom. The fourth-order valence-corrected chi connectivity index (χ4v) is 3.66. The highest BCUT2D eigenvalue weighted by Crippen LogP contribution is 2.19. The first-order chi connectivity index (χ1) is 12.7. The number of carbonyl (C=O) groups is 2. The quantitative estimate of drug-likeness (QED) is 0.716. The lowest BCUT2D eigenvalue weighted by Gasteiger charge is -2.13. The predicted octanol–water partition coefficient (Wildman–Crippen LogP) is 4.30. The molecule has 3 rings (SSSR count). The molecule has 26 heavy (non-hydrogen) atoms. The second-order valence-electron chi connectivity index (χ2n) is 6.47. The summed E-state index contributed by atoms with van der Waals surface area (Å²) in [6.07, 6.45) is 8.16. The van der Waals surface area contributed by atoms with Gasteiger partial charge in [0.1, 0.15) is 0 Å². The highest BCUT2D eigenvalue weighted by molar-refractivity contribution is 7.12. The maximum Gasteiger partial charge on any atom is 0.261 e. The van der Waals surface area contributed by atoms with E-state index in [-0.39, 0.29) is 11.8 Å². The summed E-state index contributed by atoms with van der Waals surface area (Å²) in [5.41, 5.74) is 3.09. The van der Waals surface area contributed by atoms with Crippen LogP contribution >= 0.6 is 11.3 Å². The van der Waals surface area contributed by atoms with Crippen molar-refractivity contribution in [3.8, 4) is 0 Å². The van der Waals surface area contributed by atoms with E-state index < -0.39 is 0 Å². The van der Waals surface area contributed by atoms with Crippen LogP contribution in [0.25, 0.3) is 0 Å². The second-order valence-corrected chi connectivity index (χ2v) is 7.42. The number of carbonyl (C=O) groups excluding carboxylic acids is 2. The summed E-state index contributed by atoms with van der Waals surface area (Å²) in [5, 5.41) is 7.75. The van der Waals surface area contributed by atoms with Crippen molar-refractivity contribution in [3.05, 3.63) is 69.4 Å². The number of thiophene rings is 1. The minimum Gasteiger partial charge on any atom is -0.352 e. The molecule has 0 saturated carbocycles. The Labute approximate surface area is 158 Å². The summed E-state index contributed by atoms with van der Waals surface area (Å²) in [6.45, 7) is 1.13. The van der Waals surface area contributed by atoms with Crippen LogP contribution in [0.4, 0.5) is 0 Å². The van der Waals surface area contributed by atoms with Gasteiger partial charge in [0.15, 0.2) is 0 Å². The molecule has 2 amide bonds. The summed E-state index contributed by atoms with van der Waals surface area (Å²) >= 11 is 1.42. The number of hydrogen-bond acceptors (Lipinski definition) is 3. The van der Waals surface area contributed by atoms with Gasteiger partial charge in [-0.15, -0.1) is 11.3 Å². The lowest BCUT2D eigenvalue weighted by atomic mass is 9.97. The van der Waals surface area contributed by atoms with Crippen molar-refractivity contribution < 1.29 is 9.59 Å². The average Bonchev–Trinajstić information content (AvgIpc) is 3.22. The molecule has 1 aliphatic rings. The first-order valence-electron chi connectivity index (χ1n) is 9.09. The zero-order chi connectivity index (χ0) is 18.2. The maximum atomic E-state index is 12.2. The molecule has 2 N–H and O–H groups in total. The van der Waals surface area contributed by atoms with Crippen LogP contribution in [0.5, 0.6) is 0 Å². The highest BCUT2D eigenvalue weighted by Gasteiger charge is 2.08. The van der Waals surface area contributed by atoms with Crippen LogP contribution in [0.1, 0.15) is 57.7 Å². The molecular formula is C21H24N2O2S. The molecule has 5 heteroatoms. The van der Waals surface area contributed by atoms with Gasteiger partial charge in [-0.2, -0.15) is 0 Å². The van der Waals surface area contributed by atoms with E-state index in [0.717, 1.165) is 12.0 Å². The van der Waals surface area contributed by atoms with E-state index in [0.29, 0.717) is 23.5 Å². The number of rotatable bonds is 7. The van der Waals surface area contributed by atoms with Crippen molar-refractivity contribution in [2.45, 2.75) is 38.6 Å². The van der Waals surface area contributed by atoms with Gasteiger partial charge in [-0.25, -0.2) is 0 Å². The number of hydrogen-bond donors (Lipinski definition) is 2. The Bertz CT molecular complexity index is 764. The molecular weight excluding hydrogens is 344 g/mol. The largest absolute Gasteiger partial charge is 0.352 e. The molecule has 136 valence electrons. The van der Waals surface area contributed by atoms with E-state index in [9.17, 15) is 9.59 Å². The van der Waals surface area contributed by atoms with Crippen LogP contribution in [-0.4, -0.2) is 18.4 Å². The maximum absolute atomic E-state index is 12.2. The smallest absolute Gasteiger partial charge is 0.261 e. The highest BCUT2D eigenvalue weighted by atomic mass is 32.1. The number of amides is 2. The molecule has 2 aromatic rings. The van der Waals surface area contributed by atoms with Gasteiger partial charge in [-0.05, 0) is 61.2 Å². The van der Waals surface area contributed by atoms with Crippen LogP contribution in [0, 0.1) is 0 Å². The Balaban J connectivity index is 1.43. The van der Waals surface area contributed by atoms with E-state index in [2.05, 4.69) is 16.7 Å². The van der Waals surface area contributed by atoms with Crippen molar-refractivity contribution in [2.75, 3.05) is 6.54 Å². The molecule has 0 unspecified atom stereocenters. The summed E-state index contributed by atoms with van der Waals surface area (Å²) < 4.78 is 0. The third kappa shape index (κ3) is 5.30. The van der Waals surface area contributed by atoms with Crippen LogP contribution in [-0.2, 0) is 6.54 Å². The topological polar surface area (TPSA) is 58.2 Å². The molecule has 0 atom stereocenters. The van der Waals surface area contributed by atoms with Gasteiger partial charge in [-0.3, -0.25) is 9.59 Å². The van der Waals surface area contributed by atoms with Gasteiger partial charge in [0.05, 0.1) is 4.88 Å². The molecule has 0 saturated heterocycles. The Hall–Kier alpha value is -2.40. The SMILES string of the molecule is O=C(NCCC1=CCCCC1)c1ccc(CNC(=O)c2cccs2)cc1. The van der Waals surface area contributed by atoms with Gasteiger partial charge in [0.2, 0.25) is 0 Å². The molecule has 0 aliphatic heterocycles. The van der Waals surface area contributed by atoms with Crippen molar-refractivity contribution >= 4 is 23.2 Å². The molecule has 0 bridgehead atoms. The number of benzene rings is 1. The molecule has 0 spiro atoms. The van der Waals surface area contributed by atoms with Crippen molar-refractivity contribution in [2.24, 2.45) is 0 Å². The summed E-state index contributed by atoms with van der Waals surface area (Å²) in [7, 11) is 0. The van der Waals surface area contributed by atoms with Crippen LogP contribution in [0.15, 0.2) is 53.4 Å². The second kappa shape index (κ2) is 9.34. The zero-order valence-corrected chi connectivity index (χ0v) is 15.6. The Morgan fingerprint density at radius 1 is 1.00 bits per heavy atom. The van der Waals surface area contributed by atoms with Crippen molar-refractivity contribution in [1.82, 2.24) is 10.6 Å². The normalized spacial score (nSPS) is 13.8. The predicted molar refractivity (Wildman–Crippen MR) is 105 cm³/mol. The fraction of sp³-hybridized carbons (Fsp3) is 0.333. The van der Waals surface area contributed by atoms with Crippen molar-refractivity contribution in [3.63, 3.8) is 0 Å². The van der Waals surface area contributed by atoms with Crippen LogP contribution in [0.2, 0.25) is 0 Å². The third-order valence-electron chi connectivity index (χ3n) is 4.53. The van der Waals surface area contributed by atoms with E-state index in [1.807, 2.05) is 35.7 Å². The number of allylic oxidation sites excluding steroid dienone is 1. The summed E-state index contributed by atoms with van der Waals surface area (Å²) in [4.78, 5) is 24.9. The summed E-state index contributed by atoms with van der Waals surface area (Å²) in [6, 6.07) is 11.0. The molecule has 0 fully saturated rings. The fourth-order valence-electron chi connectivity index (χ4n) is 3.02. The molecule has 4 nitrogen and oxygen atoms in total. The van der Waals surface area contributed by atoms with Gasteiger partial charge in [-0.1, -0.05) is 29.8 Å². The lowest BCUT2D eigenvalue weighted by molar-refractivity contribution is 0.0945. The van der Waals surface area contributed by atoms with E-state index in [4.69, 9.17) is 0 Å². The molecule has 1 aromatic carbocycles. The zero-order valence-electron chi connectivity index (χ0n) is 14.8. The minimum absolute atomic E-state index is 0.0458. The van der Waals surface area contributed by atoms with E-state index in [1.54, 1.807) is 6.07 Å². The molecule has 1 aromatic heterocycles.